The summed E-state index contributed by atoms with van der Waals surface area (Å²) in [5, 5.41) is 9.71. The van der Waals surface area contributed by atoms with Gasteiger partial charge < -0.3 is 0 Å². The van der Waals surface area contributed by atoms with Gasteiger partial charge in [-0.15, -0.1) is 0 Å². The molecular weight excluding hydrogens is 248 g/mol. The number of nitriles is 1. The second kappa shape index (κ2) is 5.44. The molecule has 0 saturated carbocycles. The van der Waals surface area contributed by atoms with Crippen molar-refractivity contribution in [2.24, 2.45) is 0 Å². The molecule has 0 N–H and O–H groups in total. The van der Waals surface area contributed by atoms with Crippen LogP contribution in [0.5, 0.6) is 0 Å². The Kier molecular flexibility index (Phi) is 3.71. The van der Waals surface area contributed by atoms with Gasteiger partial charge in [0.1, 0.15) is 5.92 Å². The molecule has 1 atom stereocenters. The maximum Gasteiger partial charge on any atom is 0.184 e. The number of hydrogen-bond acceptors (Lipinski definition) is 3. The molecule has 18 heavy (non-hydrogen) atoms. The van der Waals surface area contributed by atoms with E-state index in [1.807, 2.05) is 6.07 Å². The molecule has 0 aliphatic heterocycles. The van der Waals surface area contributed by atoms with E-state index < -0.39 is 5.92 Å². The molecule has 3 nitrogen and oxygen atoms in total. The van der Waals surface area contributed by atoms with Gasteiger partial charge in [-0.1, -0.05) is 11.6 Å². The minimum Gasteiger partial charge on any atom is -0.292 e. The van der Waals surface area contributed by atoms with Gasteiger partial charge in [-0.05, 0) is 42.0 Å². The van der Waals surface area contributed by atoms with E-state index in [4.69, 9.17) is 16.9 Å². The number of hydrogen-bond donors (Lipinski definition) is 0. The molecule has 1 aromatic carbocycles. The van der Waals surface area contributed by atoms with Crippen molar-refractivity contribution in [1.29, 1.82) is 5.26 Å². The number of benzene rings is 1. The molecule has 2 rings (SSSR count). The van der Waals surface area contributed by atoms with Gasteiger partial charge in [0.05, 0.1) is 6.07 Å². The normalized spacial score (nSPS) is 11.6. The Bertz CT molecular complexity index is 587. The minimum absolute atomic E-state index is 0.236. The Morgan fingerprint density at radius 1 is 1.17 bits per heavy atom. The molecule has 1 heterocycles. The summed E-state index contributed by atoms with van der Waals surface area (Å²) in [7, 11) is 0. The molecule has 0 aliphatic rings. The first-order valence-electron chi connectivity index (χ1n) is 5.31. The van der Waals surface area contributed by atoms with E-state index in [0.717, 1.165) is 0 Å². The van der Waals surface area contributed by atoms with Crippen molar-refractivity contribution in [3.8, 4) is 6.07 Å². The zero-order valence-corrected chi connectivity index (χ0v) is 10.1. The fraction of sp³-hybridized carbons (Fsp3) is 0.0714. The number of pyridine rings is 1. The molecule has 88 valence electrons. The first-order chi connectivity index (χ1) is 8.72. The number of carbonyl (C=O) groups is 1. The molecule has 0 radical (unpaired) electrons. The van der Waals surface area contributed by atoms with E-state index >= 15 is 0 Å². The molecule has 0 bridgehead atoms. The Balaban J connectivity index is 2.32. The highest BCUT2D eigenvalue weighted by Gasteiger charge is 2.21. The van der Waals surface area contributed by atoms with Crippen LogP contribution in [0, 0.1) is 11.3 Å². The lowest BCUT2D eigenvalue weighted by atomic mass is 9.93. The summed E-state index contributed by atoms with van der Waals surface area (Å²) in [4.78, 5) is 16.1. The van der Waals surface area contributed by atoms with Crippen LogP contribution in [0.3, 0.4) is 0 Å². The first kappa shape index (κ1) is 12.3. The van der Waals surface area contributed by atoms with E-state index in [0.29, 0.717) is 16.1 Å². The van der Waals surface area contributed by atoms with E-state index in [1.165, 1.54) is 0 Å². The van der Waals surface area contributed by atoms with E-state index in [9.17, 15) is 4.79 Å². The van der Waals surface area contributed by atoms with Crippen LogP contribution in [0.25, 0.3) is 0 Å². The quantitative estimate of drug-likeness (QED) is 0.793. The maximum absolute atomic E-state index is 12.2. The van der Waals surface area contributed by atoms with Gasteiger partial charge >= 0.3 is 0 Å². The summed E-state index contributed by atoms with van der Waals surface area (Å²) in [6, 6.07) is 11.9. The van der Waals surface area contributed by atoms with Crippen LogP contribution >= 0.6 is 11.6 Å². The third-order valence-electron chi connectivity index (χ3n) is 2.56. The average Bonchev–Trinajstić information content (AvgIpc) is 2.41. The van der Waals surface area contributed by atoms with Crippen LogP contribution < -0.4 is 0 Å². The minimum atomic E-state index is -0.811. The van der Waals surface area contributed by atoms with Crippen LogP contribution in [0.2, 0.25) is 5.02 Å². The second-order valence-corrected chi connectivity index (χ2v) is 4.15. The summed E-state index contributed by atoms with van der Waals surface area (Å²) < 4.78 is 0. The molecular formula is C14H9ClN2O. The Morgan fingerprint density at radius 3 is 2.33 bits per heavy atom. The maximum atomic E-state index is 12.2. The fourth-order valence-corrected chi connectivity index (χ4v) is 1.75. The summed E-state index contributed by atoms with van der Waals surface area (Å²) in [6.45, 7) is 0. The predicted molar refractivity (Wildman–Crippen MR) is 68.4 cm³/mol. The van der Waals surface area contributed by atoms with Gasteiger partial charge in [-0.3, -0.25) is 9.78 Å². The zero-order chi connectivity index (χ0) is 13.0. The average molecular weight is 257 g/mol. The lowest BCUT2D eigenvalue weighted by Crippen LogP contribution is -2.11. The number of carbonyl (C=O) groups excluding carboxylic acids is 1. The highest BCUT2D eigenvalue weighted by Crippen LogP contribution is 2.20. The standard InChI is InChI=1S/C14H9ClN2O/c15-12-3-1-11(2-4-12)14(18)13(9-16)10-5-7-17-8-6-10/h1-8,13H. The van der Waals surface area contributed by atoms with E-state index in [-0.39, 0.29) is 5.78 Å². The summed E-state index contributed by atoms with van der Waals surface area (Å²) in [6.07, 6.45) is 3.13. The zero-order valence-electron chi connectivity index (χ0n) is 9.38. The van der Waals surface area contributed by atoms with Gasteiger partial charge in [0, 0.05) is 23.0 Å². The fourth-order valence-electron chi connectivity index (χ4n) is 1.62. The molecule has 0 aliphatic carbocycles. The van der Waals surface area contributed by atoms with Crippen molar-refractivity contribution in [2.45, 2.75) is 5.92 Å². The summed E-state index contributed by atoms with van der Waals surface area (Å²) in [5.41, 5.74) is 1.12. The molecule has 0 amide bonds. The first-order valence-corrected chi connectivity index (χ1v) is 5.69. The van der Waals surface area contributed by atoms with Crippen molar-refractivity contribution >= 4 is 17.4 Å². The van der Waals surface area contributed by atoms with Crippen LogP contribution in [0.1, 0.15) is 21.8 Å². The van der Waals surface area contributed by atoms with Gasteiger partial charge in [0.2, 0.25) is 0 Å². The van der Waals surface area contributed by atoms with Crippen LogP contribution in [0.15, 0.2) is 48.8 Å². The Labute approximate surface area is 110 Å². The van der Waals surface area contributed by atoms with Crippen LogP contribution in [0.4, 0.5) is 0 Å². The lowest BCUT2D eigenvalue weighted by molar-refractivity contribution is 0.0979. The number of ketones is 1. The molecule has 2 aromatic rings. The molecule has 0 saturated heterocycles. The number of Topliss-reactive ketones (excluding diaryl/α,β-unsaturated/α-hetero) is 1. The molecule has 4 heteroatoms. The van der Waals surface area contributed by atoms with Crippen molar-refractivity contribution < 1.29 is 4.79 Å². The highest BCUT2D eigenvalue weighted by molar-refractivity contribution is 6.30. The smallest absolute Gasteiger partial charge is 0.184 e. The van der Waals surface area contributed by atoms with Crippen molar-refractivity contribution in [3.05, 3.63) is 64.9 Å². The second-order valence-electron chi connectivity index (χ2n) is 3.71. The van der Waals surface area contributed by atoms with Crippen LogP contribution in [-0.2, 0) is 0 Å². The topological polar surface area (TPSA) is 53.8 Å². The highest BCUT2D eigenvalue weighted by atomic mass is 35.5. The number of nitrogens with zero attached hydrogens (tertiary/aromatic N) is 2. The van der Waals surface area contributed by atoms with Crippen molar-refractivity contribution in [3.63, 3.8) is 0 Å². The largest absolute Gasteiger partial charge is 0.292 e. The number of rotatable bonds is 3. The van der Waals surface area contributed by atoms with Gasteiger partial charge in [-0.25, -0.2) is 0 Å². The predicted octanol–water partition coefficient (Wildman–Crippen LogP) is 3.23. The Morgan fingerprint density at radius 2 is 1.78 bits per heavy atom. The molecule has 1 unspecified atom stereocenters. The Hall–Kier alpha value is -2.18. The molecule has 0 fully saturated rings. The third kappa shape index (κ3) is 2.55. The summed E-state index contributed by atoms with van der Waals surface area (Å²) in [5.74, 6) is -1.05. The molecule has 1 aromatic heterocycles. The summed E-state index contributed by atoms with van der Waals surface area (Å²) >= 11 is 5.76. The monoisotopic (exact) mass is 256 g/mol. The number of halogens is 1. The number of aromatic nitrogens is 1. The SMILES string of the molecule is N#CC(C(=O)c1ccc(Cl)cc1)c1ccncc1. The van der Waals surface area contributed by atoms with Gasteiger partial charge in [0.15, 0.2) is 5.78 Å². The van der Waals surface area contributed by atoms with Crippen LogP contribution in [-0.4, -0.2) is 10.8 Å². The van der Waals surface area contributed by atoms with E-state index in [2.05, 4.69) is 4.98 Å². The van der Waals surface area contributed by atoms with Crippen molar-refractivity contribution in [2.75, 3.05) is 0 Å². The van der Waals surface area contributed by atoms with Crippen molar-refractivity contribution in [1.82, 2.24) is 4.98 Å². The lowest BCUT2D eigenvalue weighted by Gasteiger charge is -2.08. The van der Waals surface area contributed by atoms with Gasteiger partial charge in [-0.2, -0.15) is 5.26 Å². The van der Waals surface area contributed by atoms with Gasteiger partial charge in [0.25, 0.3) is 0 Å². The van der Waals surface area contributed by atoms with E-state index in [1.54, 1.807) is 48.8 Å². The molecule has 0 spiro atoms. The third-order valence-corrected chi connectivity index (χ3v) is 2.81.